The van der Waals surface area contributed by atoms with E-state index in [2.05, 4.69) is 11.8 Å². The van der Waals surface area contributed by atoms with Crippen LogP contribution in [0, 0.1) is 28.6 Å². The fourth-order valence-corrected chi connectivity index (χ4v) is 10.3. The third-order valence-electron chi connectivity index (χ3n) is 12.0. The fourth-order valence-electron chi connectivity index (χ4n) is 9.45. The van der Waals surface area contributed by atoms with Gasteiger partial charge in [-0.2, -0.15) is 33.7 Å². The molecule has 1 aromatic carbocycles. The van der Waals surface area contributed by atoms with Crippen molar-refractivity contribution in [3.05, 3.63) is 29.3 Å². The first kappa shape index (κ1) is 34.2. The van der Waals surface area contributed by atoms with Crippen molar-refractivity contribution >= 4 is 11.8 Å². The molecular weight excluding hydrogens is 600 g/mol. The van der Waals surface area contributed by atoms with Gasteiger partial charge >= 0.3 is 12.1 Å². The van der Waals surface area contributed by atoms with E-state index in [0.717, 1.165) is 88.6 Å². The second-order valence-corrected chi connectivity index (χ2v) is 15.7. The minimum absolute atomic E-state index is 0.0269. The average Bonchev–Trinajstić information content (AvgIpc) is 3.74. The van der Waals surface area contributed by atoms with E-state index in [9.17, 15) is 32.2 Å². The number of hydrogen-bond donors (Lipinski definition) is 2. The molecule has 0 saturated heterocycles. The van der Waals surface area contributed by atoms with Gasteiger partial charge in [0.05, 0.1) is 6.10 Å². The van der Waals surface area contributed by atoms with Crippen LogP contribution in [0.1, 0.15) is 107 Å². The Kier molecular flexibility index (Phi) is 10.2. The highest BCUT2D eigenvalue weighted by atomic mass is 32.2. The van der Waals surface area contributed by atoms with Gasteiger partial charge in [0.25, 0.3) is 0 Å². The molecule has 0 amide bonds. The van der Waals surface area contributed by atoms with Crippen molar-refractivity contribution in [2.75, 3.05) is 31.6 Å². The maximum absolute atomic E-state index is 16.4. The number of nitrogens with zero attached hydrogens (tertiary/aromatic N) is 1. The summed E-state index contributed by atoms with van der Waals surface area (Å²) < 4.78 is 79.1. The van der Waals surface area contributed by atoms with Gasteiger partial charge in [0.1, 0.15) is 11.9 Å². The lowest BCUT2D eigenvalue weighted by Crippen LogP contribution is -2.47. The number of unbranched alkanes of at least 4 members (excludes halogenated alkanes) is 2. The Hall–Kier alpha value is -1.13. The number of alkyl halides is 6. The van der Waals surface area contributed by atoms with E-state index < -0.39 is 24.7 Å². The quantitative estimate of drug-likeness (QED) is 0.156. The summed E-state index contributed by atoms with van der Waals surface area (Å²) in [6, 6.07) is 5.26. The molecule has 0 aliphatic heterocycles. The van der Waals surface area contributed by atoms with Crippen LogP contribution in [-0.2, 0) is 0 Å². The monoisotopic (exact) mass is 649 g/mol. The molecule has 44 heavy (non-hydrogen) atoms. The van der Waals surface area contributed by atoms with Crippen LogP contribution >= 0.6 is 11.8 Å². The summed E-state index contributed by atoms with van der Waals surface area (Å²) in [5.74, 6) is -2.82. The zero-order valence-electron chi connectivity index (χ0n) is 26.0. The van der Waals surface area contributed by atoms with Crippen LogP contribution in [0.4, 0.5) is 26.3 Å². The zero-order valence-corrected chi connectivity index (χ0v) is 26.8. The fraction of sp³-hybridized carbons (Fsp3) is 0.824. The highest BCUT2D eigenvalue weighted by molar-refractivity contribution is 7.99. The SMILES string of the molecule is CN(CCCCCC1C2C(CC[C@@]3(C)C2C[C@@H](O)C32CC2)c2ccc(O)cc2[C@@H]1F)CCCSCCCC(F)(F)C(F)(F)F. The van der Waals surface area contributed by atoms with Crippen LogP contribution in [0.5, 0.6) is 5.75 Å². The van der Waals surface area contributed by atoms with Gasteiger partial charge in [0, 0.05) is 11.8 Å². The van der Waals surface area contributed by atoms with Gasteiger partial charge in [-0.05, 0) is 142 Å². The number of thioether (sulfide) groups is 1. The van der Waals surface area contributed by atoms with E-state index in [1.165, 1.54) is 11.8 Å². The Morgan fingerprint density at radius 3 is 2.36 bits per heavy atom. The zero-order chi connectivity index (χ0) is 31.9. The number of aliphatic hydroxyl groups excluding tert-OH is 1. The number of aromatic hydroxyl groups is 1. The van der Waals surface area contributed by atoms with Gasteiger partial charge in [-0.15, -0.1) is 0 Å². The highest BCUT2D eigenvalue weighted by Gasteiger charge is 2.71. The first-order valence-corrected chi connectivity index (χ1v) is 17.7. The van der Waals surface area contributed by atoms with E-state index in [1.54, 1.807) is 12.1 Å². The van der Waals surface area contributed by atoms with Gasteiger partial charge in [0.15, 0.2) is 0 Å². The summed E-state index contributed by atoms with van der Waals surface area (Å²) in [7, 11) is 2.03. The molecular formula is C34H49F6NO2S. The molecule has 3 saturated carbocycles. The predicted octanol–water partition coefficient (Wildman–Crippen LogP) is 9.29. The van der Waals surface area contributed by atoms with Gasteiger partial charge in [-0.25, -0.2) is 4.39 Å². The summed E-state index contributed by atoms with van der Waals surface area (Å²) in [4.78, 5) is 2.22. The second kappa shape index (κ2) is 13.2. The molecule has 1 spiro atoms. The Bertz CT molecular complexity index is 1130. The van der Waals surface area contributed by atoms with Crippen molar-refractivity contribution in [2.45, 2.75) is 114 Å². The number of phenolic OH excluding ortho intramolecular Hbond substituents is 1. The summed E-state index contributed by atoms with van der Waals surface area (Å²) >= 11 is 1.42. The molecule has 250 valence electrons. The first-order valence-electron chi connectivity index (χ1n) is 16.6. The standard InChI is InChI=1S/C34H49F6NO2S/c1-31-13-11-24-23-10-9-22(42)20-26(23)30(35)25(29(24)27(31)21-28(43)32(31)14-15-32)8-4-3-5-16-41(2)17-7-19-44-18-6-12-33(36,37)34(38,39)40/h9-10,20,24-25,27-30,42-43H,3-8,11-19,21H2,1-2H3/t24?,25?,27?,28-,29?,30-,31+/m1/s1. The van der Waals surface area contributed by atoms with E-state index in [-0.39, 0.29) is 52.6 Å². The van der Waals surface area contributed by atoms with Gasteiger partial charge < -0.3 is 15.1 Å². The van der Waals surface area contributed by atoms with Crippen LogP contribution in [0.15, 0.2) is 18.2 Å². The number of fused-ring (bicyclic) bond motifs is 6. The van der Waals surface area contributed by atoms with Crippen LogP contribution in [-0.4, -0.2) is 65.0 Å². The van der Waals surface area contributed by atoms with Crippen molar-refractivity contribution in [3.63, 3.8) is 0 Å². The molecule has 2 N–H and O–H groups in total. The lowest BCUT2D eigenvalue weighted by Gasteiger charge is -2.54. The number of hydrogen-bond acceptors (Lipinski definition) is 4. The minimum atomic E-state index is -5.47. The molecule has 0 bridgehead atoms. The van der Waals surface area contributed by atoms with E-state index in [4.69, 9.17) is 0 Å². The van der Waals surface area contributed by atoms with Gasteiger partial charge in [-0.1, -0.05) is 25.8 Å². The lowest BCUT2D eigenvalue weighted by atomic mass is 9.50. The number of rotatable bonds is 14. The molecule has 0 radical (unpaired) electrons. The van der Waals surface area contributed by atoms with Crippen LogP contribution in [0.25, 0.3) is 0 Å². The molecule has 0 heterocycles. The van der Waals surface area contributed by atoms with E-state index in [1.807, 2.05) is 13.1 Å². The van der Waals surface area contributed by atoms with Gasteiger partial charge in [0.2, 0.25) is 0 Å². The van der Waals surface area contributed by atoms with E-state index >= 15 is 4.39 Å². The highest BCUT2D eigenvalue weighted by Crippen LogP contribution is 2.77. The summed E-state index contributed by atoms with van der Waals surface area (Å²) in [6.45, 7) is 4.09. The maximum atomic E-state index is 16.4. The number of benzene rings is 1. The van der Waals surface area contributed by atoms with Crippen LogP contribution in [0.3, 0.4) is 0 Å². The molecule has 7 atom stereocenters. The predicted molar refractivity (Wildman–Crippen MR) is 163 cm³/mol. The first-order chi connectivity index (χ1) is 20.7. The second-order valence-electron chi connectivity index (χ2n) is 14.5. The number of aliphatic hydroxyl groups is 1. The average molecular weight is 650 g/mol. The number of phenols is 1. The third-order valence-corrected chi connectivity index (χ3v) is 13.2. The van der Waals surface area contributed by atoms with Gasteiger partial charge in [-0.3, -0.25) is 0 Å². The number of halogens is 6. The van der Waals surface area contributed by atoms with Crippen LogP contribution < -0.4 is 0 Å². The smallest absolute Gasteiger partial charge is 0.453 e. The Morgan fingerprint density at radius 2 is 1.66 bits per heavy atom. The molecule has 5 rings (SSSR count). The van der Waals surface area contributed by atoms with Crippen molar-refractivity contribution in [1.82, 2.24) is 4.90 Å². The largest absolute Gasteiger partial charge is 0.508 e. The molecule has 4 aliphatic rings. The Labute approximate surface area is 262 Å². The van der Waals surface area contributed by atoms with Crippen molar-refractivity contribution in [1.29, 1.82) is 0 Å². The minimum Gasteiger partial charge on any atom is -0.508 e. The summed E-state index contributed by atoms with van der Waals surface area (Å²) in [5.41, 5.74) is 1.81. The van der Waals surface area contributed by atoms with E-state index in [0.29, 0.717) is 11.5 Å². The molecule has 1 aromatic rings. The molecule has 10 heteroatoms. The summed E-state index contributed by atoms with van der Waals surface area (Å²) in [5, 5.41) is 21.4. The molecule has 0 aromatic heterocycles. The van der Waals surface area contributed by atoms with Crippen molar-refractivity contribution < 1.29 is 36.6 Å². The Balaban J connectivity index is 1.07. The summed E-state index contributed by atoms with van der Waals surface area (Å²) in [6.07, 6.45) is 1.33. The normalized spacial score (nSPS) is 32.5. The van der Waals surface area contributed by atoms with Crippen LogP contribution in [0.2, 0.25) is 0 Å². The lowest BCUT2D eigenvalue weighted by molar-refractivity contribution is -0.284. The molecule has 3 nitrogen and oxygen atoms in total. The molecule has 4 aliphatic carbocycles. The topological polar surface area (TPSA) is 43.7 Å². The molecule has 3 fully saturated rings. The maximum Gasteiger partial charge on any atom is 0.453 e. The van der Waals surface area contributed by atoms with Crippen molar-refractivity contribution in [2.24, 2.45) is 28.6 Å². The van der Waals surface area contributed by atoms with Crippen molar-refractivity contribution in [3.8, 4) is 5.75 Å². The third kappa shape index (κ3) is 6.51. The Morgan fingerprint density at radius 1 is 0.955 bits per heavy atom. The molecule has 4 unspecified atom stereocenters.